The number of furan rings is 1. The molecule has 0 aliphatic carbocycles. The molecule has 0 unspecified atom stereocenters. The minimum Gasteiger partial charge on any atom is -0.465 e. The molecule has 0 aliphatic heterocycles. The van der Waals surface area contributed by atoms with Gasteiger partial charge in [0.05, 0.1) is 12.6 Å². The Morgan fingerprint density at radius 3 is 2.82 bits per heavy atom. The third-order valence-corrected chi connectivity index (χ3v) is 3.19. The molecule has 2 aromatic rings. The molecule has 22 heavy (non-hydrogen) atoms. The van der Waals surface area contributed by atoms with E-state index < -0.39 is 0 Å². The highest BCUT2D eigenvalue weighted by atomic mass is 16.6. The van der Waals surface area contributed by atoms with Crippen LogP contribution in [0.2, 0.25) is 0 Å². The van der Waals surface area contributed by atoms with Gasteiger partial charge in [0.1, 0.15) is 0 Å². The summed E-state index contributed by atoms with van der Waals surface area (Å²) in [7, 11) is 0. The van der Waals surface area contributed by atoms with E-state index in [-0.39, 0.29) is 17.7 Å². The fraction of sp³-hybridized carbons (Fsp3) is 0.412. The molecule has 0 saturated heterocycles. The van der Waals surface area contributed by atoms with Crippen molar-refractivity contribution in [3.8, 4) is 5.95 Å². The number of pyridine rings is 1. The largest absolute Gasteiger partial charge is 0.465 e. The fourth-order valence-electron chi connectivity index (χ4n) is 2.22. The zero-order valence-electron chi connectivity index (χ0n) is 13.2. The number of hydrogen-bond donors (Lipinski definition) is 1. The van der Waals surface area contributed by atoms with Crippen LogP contribution in [-0.4, -0.2) is 17.5 Å². The summed E-state index contributed by atoms with van der Waals surface area (Å²) in [5.41, 5.74) is 0.987. The summed E-state index contributed by atoms with van der Waals surface area (Å²) in [6.45, 7) is 6.61. The van der Waals surface area contributed by atoms with Crippen LogP contribution in [0.1, 0.15) is 49.4 Å². The lowest BCUT2D eigenvalue weighted by Crippen LogP contribution is -2.29. The SMILES string of the molecule is CCOc1ccc(C(=O)N[C@@H](CC(C)C)c2cccnc2)o1. The van der Waals surface area contributed by atoms with Crippen molar-refractivity contribution in [2.45, 2.75) is 33.2 Å². The van der Waals surface area contributed by atoms with Crippen LogP contribution in [0.25, 0.3) is 0 Å². The molecule has 2 heterocycles. The highest BCUT2D eigenvalue weighted by molar-refractivity contribution is 5.91. The van der Waals surface area contributed by atoms with E-state index in [0.717, 1.165) is 12.0 Å². The molecule has 5 nitrogen and oxygen atoms in total. The van der Waals surface area contributed by atoms with Crippen LogP contribution >= 0.6 is 0 Å². The molecule has 5 heteroatoms. The Hall–Kier alpha value is -2.30. The first-order chi connectivity index (χ1) is 10.6. The van der Waals surface area contributed by atoms with E-state index in [1.165, 1.54) is 0 Å². The second-order valence-corrected chi connectivity index (χ2v) is 5.49. The highest BCUT2D eigenvalue weighted by Gasteiger charge is 2.19. The number of amides is 1. The van der Waals surface area contributed by atoms with Gasteiger partial charge in [0.15, 0.2) is 5.76 Å². The lowest BCUT2D eigenvalue weighted by Gasteiger charge is -2.20. The van der Waals surface area contributed by atoms with Crippen molar-refractivity contribution in [2.24, 2.45) is 5.92 Å². The third-order valence-electron chi connectivity index (χ3n) is 3.19. The minimum absolute atomic E-state index is 0.0955. The molecule has 0 spiro atoms. The first kappa shape index (κ1) is 16.1. The molecule has 0 saturated carbocycles. The normalized spacial score (nSPS) is 12.2. The Labute approximate surface area is 130 Å². The average Bonchev–Trinajstić information content (AvgIpc) is 2.96. The number of rotatable bonds is 7. The van der Waals surface area contributed by atoms with Gasteiger partial charge < -0.3 is 14.5 Å². The summed E-state index contributed by atoms with van der Waals surface area (Å²) in [5, 5.41) is 3.01. The maximum atomic E-state index is 12.3. The molecule has 1 atom stereocenters. The van der Waals surface area contributed by atoms with Crippen LogP contribution in [0.4, 0.5) is 0 Å². The molecular formula is C17H22N2O3. The molecule has 0 fully saturated rings. The van der Waals surface area contributed by atoms with Gasteiger partial charge in [0, 0.05) is 18.5 Å². The van der Waals surface area contributed by atoms with Crippen LogP contribution in [0, 0.1) is 5.92 Å². The number of hydrogen-bond acceptors (Lipinski definition) is 4. The van der Waals surface area contributed by atoms with Crippen LogP contribution in [-0.2, 0) is 0 Å². The van der Waals surface area contributed by atoms with E-state index in [4.69, 9.17) is 9.15 Å². The molecule has 2 aromatic heterocycles. The monoisotopic (exact) mass is 302 g/mol. The summed E-state index contributed by atoms with van der Waals surface area (Å²) in [6, 6.07) is 7.01. The summed E-state index contributed by atoms with van der Waals surface area (Å²) in [4.78, 5) is 16.5. The molecule has 118 valence electrons. The predicted molar refractivity (Wildman–Crippen MR) is 83.8 cm³/mol. The Bertz CT molecular complexity index is 593. The molecule has 0 aromatic carbocycles. The predicted octanol–water partition coefficient (Wildman–Crippen LogP) is 3.59. The molecular weight excluding hydrogens is 280 g/mol. The number of nitrogens with zero attached hydrogens (tertiary/aromatic N) is 1. The number of carbonyl (C=O) groups excluding carboxylic acids is 1. The first-order valence-electron chi connectivity index (χ1n) is 7.53. The smallest absolute Gasteiger partial charge is 0.287 e. The van der Waals surface area contributed by atoms with Crippen molar-refractivity contribution >= 4 is 5.91 Å². The van der Waals surface area contributed by atoms with Crippen molar-refractivity contribution in [1.29, 1.82) is 0 Å². The second kappa shape index (κ2) is 7.64. The van der Waals surface area contributed by atoms with Gasteiger partial charge in [-0.25, -0.2) is 0 Å². The van der Waals surface area contributed by atoms with Crippen molar-refractivity contribution in [2.75, 3.05) is 6.61 Å². The topological polar surface area (TPSA) is 64.4 Å². The maximum Gasteiger partial charge on any atom is 0.287 e. The molecule has 1 amide bonds. The Balaban J connectivity index is 2.10. The number of carbonyl (C=O) groups is 1. The molecule has 1 N–H and O–H groups in total. The quantitative estimate of drug-likeness (QED) is 0.849. The summed E-state index contributed by atoms with van der Waals surface area (Å²) in [5.74, 6) is 0.803. The van der Waals surface area contributed by atoms with Gasteiger partial charge in [0.2, 0.25) is 0 Å². The van der Waals surface area contributed by atoms with Gasteiger partial charge in [-0.2, -0.15) is 0 Å². The van der Waals surface area contributed by atoms with Crippen LogP contribution in [0.3, 0.4) is 0 Å². The van der Waals surface area contributed by atoms with Crippen molar-refractivity contribution in [3.05, 3.63) is 48.0 Å². The summed E-state index contributed by atoms with van der Waals surface area (Å²) < 4.78 is 10.6. The van der Waals surface area contributed by atoms with E-state index >= 15 is 0 Å². The Morgan fingerprint density at radius 1 is 1.36 bits per heavy atom. The molecule has 2 rings (SSSR count). The summed E-state index contributed by atoms with van der Waals surface area (Å²) in [6.07, 6.45) is 4.33. The Kier molecular flexibility index (Phi) is 5.58. The van der Waals surface area contributed by atoms with Gasteiger partial charge in [0.25, 0.3) is 11.9 Å². The van der Waals surface area contributed by atoms with Crippen molar-refractivity contribution in [1.82, 2.24) is 10.3 Å². The van der Waals surface area contributed by atoms with E-state index in [1.54, 1.807) is 24.5 Å². The van der Waals surface area contributed by atoms with Gasteiger partial charge in [-0.15, -0.1) is 0 Å². The fourth-order valence-corrected chi connectivity index (χ4v) is 2.22. The molecule has 0 radical (unpaired) electrons. The third kappa shape index (κ3) is 4.35. The first-order valence-corrected chi connectivity index (χ1v) is 7.53. The average molecular weight is 302 g/mol. The zero-order valence-corrected chi connectivity index (χ0v) is 13.2. The van der Waals surface area contributed by atoms with Crippen LogP contribution in [0.5, 0.6) is 5.95 Å². The van der Waals surface area contributed by atoms with Crippen LogP contribution < -0.4 is 10.1 Å². The lowest BCUT2D eigenvalue weighted by atomic mass is 9.98. The number of aromatic nitrogens is 1. The van der Waals surface area contributed by atoms with Gasteiger partial charge in [-0.05, 0) is 37.0 Å². The molecule has 0 aliphatic rings. The standard InChI is InChI=1S/C17H22N2O3/c1-4-21-16-8-7-15(22-16)17(20)19-14(10-12(2)3)13-6-5-9-18-11-13/h5-9,11-12,14H,4,10H2,1-3H3,(H,19,20)/t14-/m0/s1. The zero-order chi connectivity index (χ0) is 15.9. The van der Waals surface area contributed by atoms with E-state index in [9.17, 15) is 4.79 Å². The number of nitrogens with one attached hydrogen (secondary N) is 1. The van der Waals surface area contributed by atoms with E-state index in [1.807, 2.05) is 19.1 Å². The molecule has 0 bridgehead atoms. The van der Waals surface area contributed by atoms with Gasteiger partial charge in [-0.3, -0.25) is 9.78 Å². The second-order valence-electron chi connectivity index (χ2n) is 5.49. The Morgan fingerprint density at radius 2 is 2.18 bits per heavy atom. The minimum atomic E-state index is -0.250. The highest BCUT2D eigenvalue weighted by Crippen LogP contribution is 2.22. The summed E-state index contributed by atoms with van der Waals surface area (Å²) >= 11 is 0. The van der Waals surface area contributed by atoms with Crippen molar-refractivity contribution in [3.63, 3.8) is 0 Å². The number of ether oxygens (including phenoxy) is 1. The lowest BCUT2D eigenvalue weighted by molar-refractivity contribution is 0.0895. The van der Waals surface area contributed by atoms with Crippen molar-refractivity contribution < 1.29 is 13.9 Å². The van der Waals surface area contributed by atoms with Gasteiger partial charge in [-0.1, -0.05) is 19.9 Å². The maximum absolute atomic E-state index is 12.3. The van der Waals surface area contributed by atoms with E-state index in [2.05, 4.69) is 24.1 Å². The van der Waals surface area contributed by atoms with Crippen LogP contribution in [0.15, 0.2) is 41.1 Å². The van der Waals surface area contributed by atoms with E-state index in [0.29, 0.717) is 18.5 Å². The van der Waals surface area contributed by atoms with Gasteiger partial charge >= 0.3 is 0 Å².